The molecule has 0 saturated carbocycles. The summed E-state index contributed by atoms with van der Waals surface area (Å²) in [7, 11) is 0. The van der Waals surface area contributed by atoms with Gasteiger partial charge in [-0.1, -0.05) is 0 Å². The first-order chi connectivity index (χ1) is 10.2. The van der Waals surface area contributed by atoms with E-state index < -0.39 is 0 Å². The Morgan fingerprint density at radius 3 is 2.81 bits per heavy atom. The van der Waals surface area contributed by atoms with E-state index in [0.717, 1.165) is 38.1 Å². The van der Waals surface area contributed by atoms with Crippen molar-refractivity contribution in [3.05, 3.63) is 0 Å². The van der Waals surface area contributed by atoms with Crippen molar-refractivity contribution in [3.8, 4) is 0 Å². The molecule has 1 amide bonds. The van der Waals surface area contributed by atoms with E-state index in [0.29, 0.717) is 31.2 Å². The van der Waals surface area contributed by atoms with Crippen molar-refractivity contribution >= 4 is 23.6 Å². The quantitative estimate of drug-likeness (QED) is 0.775. The average molecular weight is 314 g/mol. The molecule has 0 bridgehead atoms. The fourth-order valence-electron chi connectivity index (χ4n) is 2.98. The number of nitrogens with zero attached hydrogens (tertiary/aromatic N) is 1. The molecule has 5 nitrogen and oxygen atoms in total. The normalized spacial score (nSPS) is 23.9. The first-order valence-corrected chi connectivity index (χ1v) is 9.12. The molecule has 2 aliphatic rings. The Hall–Kier alpha value is -0.750. The van der Waals surface area contributed by atoms with E-state index in [9.17, 15) is 9.59 Å². The van der Waals surface area contributed by atoms with Gasteiger partial charge in [-0.3, -0.25) is 4.79 Å². The van der Waals surface area contributed by atoms with Crippen LogP contribution in [-0.2, 0) is 14.3 Å². The number of hydrogen-bond donors (Lipinski definition) is 1. The number of carbonyl (C=O) groups is 2. The molecule has 6 heteroatoms. The second-order valence-corrected chi connectivity index (χ2v) is 6.81. The second kappa shape index (κ2) is 8.63. The van der Waals surface area contributed by atoms with Crippen LogP contribution in [0.5, 0.6) is 0 Å². The molecule has 21 heavy (non-hydrogen) atoms. The molecular formula is C15H26N2O3S. The van der Waals surface area contributed by atoms with Gasteiger partial charge in [0.05, 0.1) is 6.61 Å². The molecule has 2 rings (SSSR count). The predicted molar refractivity (Wildman–Crippen MR) is 84.3 cm³/mol. The van der Waals surface area contributed by atoms with Crippen molar-refractivity contribution in [1.29, 1.82) is 0 Å². The van der Waals surface area contributed by atoms with Gasteiger partial charge in [0.15, 0.2) is 0 Å². The van der Waals surface area contributed by atoms with Gasteiger partial charge in [0.2, 0.25) is 5.91 Å². The fraction of sp³-hybridized carbons (Fsp3) is 0.867. The Morgan fingerprint density at radius 2 is 2.10 bits per heavy atom. The Labute approximate surface area is 131 Å². The Balaban J connectivity index is 1.84. The monoisotopic (exact) mass is 314 g/mol. The molecule has 1 N–H and O–H groups in total. The lowest BCUT2D eigenvalue weighted by atomic mass is 9.93. The molecule has 0 aromatic heterocycles. The fourth-order valence-corrected chi connectivity index (χ4v) is 4.01. The minimum Gasteiger partial charge on any atom is -0.464 e. The molecule has 2 aliphatic heterocycles. The smallest absolute Gasteiger partial charge is 0.329 e. The van der Waals surface area contributed by atoms with Gasteiger partial charge >= 0.3 is 5.97 Å². The highest BCUT2D eigenvalue weighted by atomic mass is 32.2. The van der Waals surface area contributed by atoms with E-state index in [1.165, 1.54) is 0 Å². The maximum absolute atomic E-state index is 12.5. The summed E-state index contributed by atoms with van der Waals surface area (Å²) in [5.41, 5.74) is 0. The Kier molecular flexibility index (Phi) is 6.83. The van der Waals surface area contributed by atoms with E-state index in [2.05, 4.69) is 5.32 Å². The number of thioether (sulfide) groups is 1. The summed E-state index contributed by atoms with van der Waals surface area (Å²) in [5, 5.41) is 3.34. The van der Waals surface area contributed by atoms with Gasteiger partial charge in [0.1, 0.15) is 6.04 Å². The van der Waals surface area contributed by atoms with Crippen LogP contribution in [0.1, 0.15) is 32.6 Å². The topological polar surface area (TPSA) is 58.6 Å². The number of carbonyl (C=O) groups excluding carboxylic acids is 2. The predicted octanol–water partition coefficient (Wildman–Crippen LogP) is 1.27. The van der Waals surface area contributed by atoms with E-state index >= 15 is 0 Å². The number of esters is 1. The van der Waals surface area contributed by atoms with Gasteiger partial charge in [-0.25, -0.2) is 4.79 Å². The summed E-state index contributed by atoms with van der Waals surface area (Å²) in [5.74, 6) is 2.09. The second-order valence-electron chi connectivity index (χ2n) is 5.66. The molecule has 1 unspecified atom stereocenters. The molecule has 1 atom stereocenters. The molecular weight excluding hydrogens is 288 g/mol. The van der Waals surface area contributed by atoms with Crippen molar-refractivity contribution in [3.63, 3.8) is 0 Å². The molecule has 0 radical (unpaired) electrons. The first kappa shape index (κ1) is 16.6. The van der Waals surface area contributed by atoms with Gasteiger partial charge in [-0.05, 0) is 45.2 Å². The lowest BCUT2D eigenvalue weighted by molar-refractivity contribution is -0.154. The van der Waals surface area contributed by atoms with Gasteiger partial charge in [0, 0.05) is 24.5 Å². The molecule has 0 aromatic carbocycles. The zero-order valence-corrected chi connectivity index (χ0v) is 13.6. The van der Waals surface area contributed by atoms with Gasteiger partial charge < -0.3 is 15.0 Å². The van der Waals surface area contributed by atoms with E-state index in [-0.39, 0.29) is 17.9 Å². The maximum Gasteiger partial charge on any atom is 0.329 e. The van der Waals surface area contributed by atoms with Crippen LogP contribution in [0.15, 0.2) is 0 Å². The number of nitrogens with one attached hydrogen (secondary N) is 1. The van der Waals surface area contributed by atoms with Crippen LogP contribution >= 0.6 is 11.8 Å². The van der Waals surface area contributed by atoms with Crippen molar-refractivity contribution in [2.75, 3.05) is 37.7 Å². The SMILES string of the molecule is CCOC(=O)C1CSCCN1C(=O)CCC1CCNCC1. The lowest BCUT2D eigenvalue weighted by Gasteiger charge is -2.34. The van der Waals surface area contributed by atoms with Crippen LogP contribution in [-0.4, -0.2) is 60.6 Å². The van der Waals surface area contributed by atoms with Gasteiger partial charge in [-0.2, -0.15) is 11.8 Å². The summed E-state index contributed by atoms with van der Waals surface area (Å²) in [6.07, 6.45) is 3.82. The molecule has 2 fully saturated rings. The van der Waals surface area contributed by atoms with Crippen LogP contribution in [0, 0.1) is 5.92 Å². The maximum atomic E-state index is 12.5. The van der Waals surface area contributed by atoms with Gasteiger partial charge in [-0.15, -0.1) is 0 Å². The van der Waals surface area contributed by atoms with E-state index in [1.54, 1.807) is 23.6 Å². The van der Waals surface area contributed by atoms with E-state index in [1.807, 2.05) is 0 Å². The largest absolute Gasteiger partial charge is 0.464 e. The van der Waals surface area contributed by atoms with Crippen LogP contribution in [0.25, 0.3) is 0 Å². The third-order valence-electron chi connectivity index (χ3n) is 4.23. The molecule has 0 aromatic rings. The summed E-state index contributed by atoms with van der Waals surface area (Å²) < 4.78 is 5.10. The zero-order chi connectivity index (χ0) is 15.1. The number of ether oxygens (including phenoxy) is 1. The zero-order valence-electron chi connectivity index (χ0n) is 12.8. The van der Waals surface area contributed by atoms with E-state index in [4.69, 9.17) is 4.74 Å². The summed E-state index contributed by atoms with van der Waals surface area (Å²) >= 11 is 1.72. The van der Waals surface area contributed by atoms with Gasteiger partial charge in [0.25, 0.3) is 0 Å². The highest BCUT2D eigenvalue weighted by molar-refractivity contribution is 7.99. The minimum absolute atomic E-state index is 0.117. The average Bonchev–Trinajstić information content (AvgIpc) is 2.54. The molecule has 0 aliphatic carbocycles. The van der Waals surface area contributed by atoms with Crippen LogP contribution in [0.2, 0.25) is 0 Å². The molecule has 0 spiro atoms. The third kappa shape index (κ3) is 4.88. The van der Waals surface area contributed by atoms with Crippen molar-refractivity contribution in [1.82, 2.24) is 10.2 Å². The van der Waals surface area contributed by atoms with Crippen LogP contribution < -0.4 is 5.32 Å². The van der Waals surface area contributed by atoms with Crippen molar-refractivity contribution < 1.29 is 14.3 Å². The lowest BCUT2D eigenvalue weighted by Crippen LogP contribution is -2.51. The highest BCUT2D eigenvalue weighted by Gasteiger charge is 2.33. The Bertz CT molecular complexity index is 359. The van der Waals surface area contributed by atoms with Crippen molar-refractivity contribution in [2.45, 2.75) is 38.6 Å². The number of hydrogen-bond acceptors (Lipinski definition) is 5. The van der Waals surface area contributed by atoms with Crippen LogP contribution in [0.3, 0.4) is 0 Å². The number of rotatable bonds is 5. The first-order valence-electron chi connectivity index (χ1n) is 7.97. The number of amides is 1. The standard InChI is InChI=1S/C15H26N2O3S/c1-2-20-15(19)13-11-21-10-9-17(13)14(18)4-3-12-5-7-16-8-6-12/h12-13,16H,2-11H2,1H3. The molecule has 2 saturated heterocycles. The number of piperidine rings is 1. The summed E-state index contributed by atoms with van der Waals surface area (Å²) in [4.78, 5) is 26.2. The summed E-state index contributed by atoms with van der Waals surface area (Å²) in [6, 6.07) is -0.385. The van der Waals surface area contributed by atoms with Crippen LogP contribution in [0.4, 0.5) is 0 Å². The van der Waals surface area contributed by atoms with Crippen molar-refractivity contribution in [2.24, 2.45) is 5.92 Å². The molecule has 2 heterocycles. The highest BCUT2D eigenvalue weighted by Crippen LogP contribution is 2.22. The third-order valence-corrected chi connectivity index (χ3v) is 5.26. The Morgan fingerprint density at radius 1 is 1.33 bits per heavy atom. The molecule has 120 valence electrons. The summed E-state index contributed by atoms with van der Waals surface area (Å²) in [6.45, 7) is 4.96. The minimum atomic E-state index is -0.385.